The van der Waals surface area contributed by atoms with Crippen LogP contribution in [0.4, 0.5) is 0 Å². The Balaban J connectivity index is 1.64. The highest BCUT2D eigenvalue weighted by molar-refractivity contribution is 9.10. The van der Waals surface area contributed by atoms with Gasteiger partial charge in [0.15, 0.2) is 11.5 Å². The van der Waals surface area contributed by atoms with Crippen LogP contribution in [0.15, 0.2) is 80.8 Å². The lowest BCUT2D eigenvalue weighted by Crippen LogP contribution is -2.17. The first-order valence-corrected chi connectivity index (χ1v) is 10.9. The molecular weight excluding hydrogens is 512 g/mol. The Morgan fingerprint density at radius 2 is 1.60 bits per heavy atom. The van der Waals surface area contributed by atoms with Gasteiger partial charge in [0.2, 0.25) is 0 Å². The molecular formula is C23H20Br2N2O3. The van der Waals surface area contributed by atoms with Crippen LogP contribution in [-0.2, 0) is 6.61 Å². The average molecular weight is 532 g/mol. The van der Waals surface area contributed by atoms with Gasteiger partial charge in [-0.25, -0.2) is 5.43 Å². The summed E-state index contributed by atoms with van der Waals surface area (Å²) in [7, 11) is 0. The standard InChI is InChI=1S/C23H20Br2N2O3/c1-2-29-22-13-17(14-26-27-23(28)18-6-10-20(25)11-7-18)5-12-21(22)30-15-16-3-8-19(24)9-4-16/h3-14H,2,15H2,1H3,(H,27,28)/b26-14-. The molecule has 3 aromatic rings. The van der Waals surface area contributed by atoms with Crippen molar-refractivity contribution in [2.24, 2.45) is 5.10 Å². The van der Waals surface area contributed by atoms with Crippen LogP contribution in [0.1, 0.15) is 28.4 Å². The van der Waals surface area contributed by atoms with Crippen molar-refractivity contribution >= 4 is 44.0 Å². The molecule has 7 heteroatoms. The molecule has 3 rings (SSSR count). The number of hydrogen-bond acceptors (Lipinski definition) is 4. The van der Waals surface area contributed by atoms with Gasteiger partial charge in [0.25, 0.3) is 5.91 Å². The van der Waals surface area contributed by atoms with Gasteiger partial charge < -0.3 is 9.47 Å². The quantitative estimate of drug-likeness (QED) is 0.288. The molecule has 0 spiro atoms. The first kappa shape index (κ1) is 22.1. The van der Waals surface area contributed by atoms with E-state index in [-0.39, 0.29) is 5.91 Å². The number of ether oxygens (including phenoxy) is 2. The number of rotatable bonds is 8. The lowest BCUT2D eigenvalue weighted by atomic mass is 10.2. The van der Waals surface area contributed by atoms with Gasteiger partial charge in [-0.15, -0.1) is 0 Å². The summed E-state index contributed by atoms with van der Waals surface area (Å²) in [5.41, 5.74) is 4.89. The van der Waals surface area contributed by atoms with E-state index in [0.717, 1.165) is 20.1 Å². The van der Waals surface area contributed by atoms with E-state index in [4.69, 9.17) is 9.47 Å². The molecule has 0 unspecified atom stereocenters. The van der Waals surface area contributed by atoms with Gasteiger partial charge in [0.1, 0.15) is 6.61 Å². The molecule has 0 saturated carbocycles. The van der Waals surface area contributed by atoms with Gasteiger partial charge in [0.05, 0.1) is 12.8 Å². The van der Waals surface area contributed by atoms with Gasteiger partial charge in [-0.2, -0.15) is 5.10 Å². The third-order valence-corrected chi connectivity index (χ3v) is 5.12. The molecule has 0 saturated heterocycles. The molecule has 0 radical (unpaired) electrons. The van der Waals surface area contributed by atoms with E-state index in [1.165, 1.54) is 0 Å². The van der Waals surface area contributed by atoms with Crippen LogP contribution in [0.5, 0.6) is 11.5 Å². The zero-order chi connectivity index (χ0) is 21.3. The van der Waals surface area contributed by atoms with Crippen molar-refractivity contribution in [1.82, 2.24) is 5.43 Å². The van der Waals surface area contributed by atoms with Gasteiger partial charge in [-0.1, -0.05) is 44.0 Å². The van der Waals surface area contributed by atoms with Crippen molar-refractivity contribution in [1.29, 1.82) is 0 Å². The maximum atomic E-state index is 12.1. The fraction of sp³-hybridized carbons (Fsp3) is 0.130. The van der Waals surface area contributed by atoms with E-state index in [2.05, 4.69) is 42.4 Å². The number of halogens is 2. The Bertz CT molecular complexity index is 1020. The van der Waals surface area contributed by atoms with Crippen LogP contribution < -0.4 is 14.9 Å². The third kappa shape index (κ3) is 6.43. The summed E-state index contributed by atoms with van der Waals surface area (Å²) in [6.07, 6.45) is 1.57. The van der Waals surface area contributed by atoms with Gasteiger partial charge in [-0.3, -0.25) is 4.79 Å². The second-order valence-corrected chi connectivity index (χ2v) is 8.09. The maximum Gasteiger partial charge on any atom is 0.271 e. The van der Waals surface area contributed by atoms with E-state index in [0.29, 0.717) is 30.3 Å². The van der Waals surface area contributed by atoms with Crippen LogP contribution in [-0.4, -0.2) is 18.7 Å². The number of benzene rings is 3. The van der Waals surface area contributed by atoms with Crippen LogP contribution in [0.3, 0.4) is 0 Å². The Hall–Kier alpha value is -2.64. The number of nitrogens with one attached hydrogen (secondary N) is 1. The molecule has 0 aliphatic rings. The Labute approximate surface area is 192 Å². The topological polar surface area (TPSA) is 59.9 Å². The first-order chi connectivity index (χ1) is 14.5. The van der Waals surface area contributed by atoms with Crippen LogP contribution >= 0.6 is 31.9 Å². The Kier molecular flexibility index (Phi) is 8.04. The van der Waals surface area contributed by atoms with E-state index in [1.54, 1.807) is 30.5 Å². The zero-order valence-corrected chi connectivity index (χ0v) is 19.4. The number of nitrogens with zero attached hydrogens (tertiary/aromatic N) is 1. The first-order valence-electron chi connectivity index (χ1n) is 9.28. The highest BCUT2D eigenvalue weighted by atomic mass is 79.9. The fourth-order valence-electron chi connectivity index (χ4n) is 2.57. The number of hydrogen-bond donors (Lipinski definition) is 1. The molecule has 0 aliphatic carbocycles. The number of carbonyl (C=O) groups excluding carboxylic acids is 1. The molecule has 1 N–H and O–H groups in total. The summed E-state index contributed by atoms with van der Waals surface area (Å²) in [5.74, 6) is 0.992. The summed E-state index contributed by atoms with van der Waals surface area (Å²) in [6, 6.07) is 20.5. The van der Waals surface area contributed by atoms with Crippen molar-refractivity contribution in [2.45, 2.75) is 13.5 Å². The number of carbonyl (C=O) groups is 1. The minimum absolute atomic E-state index is 0.279. The molecule has 0 atom stereocenters. The van der Waals surface area contributed by atoms with Crippen molar-refractivity contribution in [3.05, 3.63) is 92.4 Å². The normalized spacial score (nSPS) is 10.8. The van der Waals surface area contributed by atoms with Crippen molar-refractivity contribution in [3.8, 4) is 11.5 Å². The van der Waals surface area contributed by atoms with E-state index >= 15 is 0 Å². The largest absolute Gasteiger partial charge is 0.490 e. The summed E-state index contributed by atoms with van der Waals surface area (Å²) in [4.78, 5) is 12.1. The van der Waals surface area contributed by atoms with Crippen LogP contribution in [0.25, 0.3) is 0 Å². The highest BCUT2D eigenvalue weighted by Crippen LogP contribution is 2.29. The smallest absolute Gasteiger partial charge is 0.271 e. The van der Waals surface area contributed by atoms with E-state index < -0.39 is 0 Å². The lowest BCUT2D eigenvalue weighted by Gasteiger charge is -2.12. The second-order valence-electron chi connectivity index (χ2n) is 6.26. The van der Waals surface area contributed by atoms with Crippen molar-refractivity contribution in [2.75, 3.05) is 6.61 Å². The van der Waals surface area contributed by atoms with E-state index in [1.807, 2.05) is 49.4 Å². The molecule has 30 heavy (non-hydrogen) atoms. The molecule has 0 heterocycles. The SMILES string of the molecule is CCOc1cc(/C=N\NC(=O)c2ccc(Br)cc2)ccc1OCc1ccc(Br)cc1. The van der Waals surface area contributed by atoms with Gasteiger partial charge in [-0.05, 0) is 72.6 Å². The molecule has 3 aromatic carbocycles. The molecule has 0 aliphatic heterocycles. The summed E-state index contributed by atoms with van der Waals surface area (Å²) in [6.45, 7) is 2.86. The molecule has 0 aromatic heterocycles. The molecule has 154 valence electrons. The Morgan fingerprint density at radius 3 is 2.27 bits per heavy atom. The average Bonchev–Trinajstić information content (AvgIpc) is 2.75. The predicted molar refractivity (Wildman–Crippen MR) is 125 cm³/mol. The summed E-state index contributed by atoms with van der Waals surface area (Å²) in [5, 5.41) is 4.04. The molecule has 0 fully saturated rings. The van der Waals surface area contributed by atoms with Crippen molar-refractivity contribution < 1.29 is 14.3 Å². The molecule has 0 bridgehead atoms. The predicted octanol–water partition coefficient (Wildman–Crippen LogP) is 5.95. The second kappa shape index (κ2) is 10.9. The number of hydrazone groups is 1. The number of amides is 1. The minimum atomic E-state index is -0.279. The highest BCUT2D eigenvalue weighted by Gasteiger charge is 2.07. The lowest BCUT2D eigenvalue weighted by molar-refractivity contribution is 0.0955. The van der Waals surface area contributed by atoms with Gasteiger partial charge >= 0.3 is 0 Å². The zero-order valence-electron chi connectivity index (χ0n) is 16.3. The van der Waals surface area contributed by atoms with Crippen molar-refractivity contribution in [3.63, 3.8) is 0 Å². The van der Waals surface area contributed by atoms with Crippen LogP contribution in [0, 0.1) is 0 Å². The maximum absolute atomic E-state index is 12.1. The summed E-state index contributed by atoms with van der Waals surface area (Å²) < 4.78 is 13.6. The summed E-state index contributed by atoms with van der Waals surface area (Å²) >= 11 is 6.77. The monoisotopic (exact) mass is 530 g/mol. The molecule has 1 amide bonds. The van der Waals surface area contributed by atoms with Crippen LogP contribution in [0.2, 0.25) is 0 Å². The minimum Gasteiger partial charge on any atom is -0.490 e. The fourth-order valence-corrected chi connectivity index (χ4v) is 3.09. The van der Waals surface area contributed by atoms with Gasteiger partial charge in [0, 0.05) is 14.5 Å². The Morgan fingerprint density at radius 1 is 0.933 bits per heavy atom. The third-order valence-electron chi connectivity index (χ3n) is 4.06. The molecule has 5 nitrogen and oxygen atoms in total. The van der Waals surface area contributed by atoms with E-state index in [9.17, 15) is 4.79 Å².